The van der Waals surface area contributed by atoms with Crippen molar-refractivity contribution in [1.82, 2.24) is 14.9 Å². The number of aromatic nitrogens is 2. The van der Waals surface area contributed by atoms with E-state index in [4.69, 9.17) is 4.74 Å². The molecule has 30 heavy (non-hydrogen) atoms. The van der Waals surface area contributed by atoms with Gasteiger partial charge in [0, 0.05) is 32.5 Å². The first-order chi connectivity index (χ1) is 14.7. The van der Waals surface area contributed by atoms with Crippen LogP contribution in [-0.4, -0.2) is 53.5 Å². The Morgan fingerprint density at radius 2 is 2.10 bits per heavy atom. The minimum Gasteiger partial charge on any atom is -0.379 e. The number of benzene rings is 1. The number of nitrogens with one attached hydrogen (secondary N) is 1. The summed E-state index contributed by atoms with van der Waals surface area (Å²) in [6.07, 6.45) is 11.1. The molecule has 2 heterocycles. The van der Waals surface area contributed by atoms with Crippen LogP contribution in [0.25, 0.3) is 5.57 Å². The Labute approximate surface area is 179 Å². The fourth-order valence-electron chi connectivity index (χ4n) is 4.38. The van der Waals surface area contributed by atoms with E-state index in [1.54, 1.807) is 6.20 Å². The van der Waals surface area contributed by atoms with Gasteiger partial charge < -0.3 is 9.72 Å². The number of morpholine rings is 1. The Bertz CT molecular complexity index is 894. The molecule has 5 nitrogen and oxygen atoms in total. The Kier molecular flexibility index (Phi) is 7.13. The zero-order valence-electron chi connectivity index (χ0n) is 18.1. The lowest BCUT2D eigenvalue weighted by Gasteiger charge is -2.26. The van der Waals surface area contributed by atoms with E-state index in [2.05, 4.69) is 39.1 Å². The summed E-state index contributed by atoms with van der Waals surface area (Å²) in [6.45, 7) is 6.83. The molecule has 160 valence electrons. The molecule has 1 aliphatic heterocycles. The van der Waals surface area contributed by atoms with Crippen molar-refractivity contribution in [3.05, 3.63) is 58.7 Å². The molecular formula is C25H33N3O2. The Morgan fingerprint density at radius 3 is 2.83 bits per heavy atom. The number of allylic oxidation sites excluding steroid dienone is 2. The minimum atomic E-state index is 0.112. The lowest BCUT2D eigenvalue weighted by atomic mass is 9.87. The van der Waals surface area contributed by atoms with Crippen molar-refractivity contribution in [3.8, 4) is 0 Å². The summed E-state index contributed by atoms with van der Waals surface area (Å²) in [4.78, 5) is 22.8. The van der Waals surface area contributed by atoms with E-state index in [0.29, 0.717) is 12.1 Å². The highest BCUT2D eigenvalue weighted by atomic mass is 16.5. The molecule has 0 saturated carbocycles. The molecular weight excluding hydrogens is 374 g/mol. The van der Waals surface area contributed by atoms with E-state index < -0.39 is 0 Å². The molecule has 1 aliphatic carbocycles. The number of carbonyl (C=O) groups is 1. The number of ether oxygens (including phenoxy) is 1. The van der Waals surface area contributed by atoms with Gasteiger partial charge in [-0.25, -0.2) is 4.98 Å². The normalized spacial score (nSPS) is 17.7. The van der Waals surface area contributed by atoms with Gasteiger partial charge in [-0.1, -0.05) is 31.2 Å². The number of carbonyl (C=O) groups excluding carboxylic acids is 1. The molecule has 2 aromatic rings. The third-order valence-corrected chi connectivity index (χ3v) is 6.25. The quantitative estimate of drug-likeness (QED) is 0.666. The van der Waals surface area contributed by atoms with Crippen LogP contribution in [0.15, 0.2) is 30.5 Å². The molecule has 4 rings (SSSR count). The van der Waals surface area contributed by atoms with Gasteiger partial charge in [0.05, 0.1) is 19.4 Å². The third-order valence-electron chi connectivity index (χ3n) is 6.25. The second kappa shape index (κ2) is 10.2. The molecule has 1 aromatic carbocycles. The van der Waals surface area contributed by atoms with Crippen LogP contribution in [0.4, 0.5) is 0 Å². The van der Waals surface area contributed by atoms with E-state index in [1.165, 1.54) is 29.5 Å². The fourth-order valence-corrected chi connectivity index (χ4v) is 4.38. The van der Waals surface area contributed by atoms with Gasteiger partial charge in [0.2, 0.25) is 0 Å². The lowest BCUT2D eigenvalue weighted by molar-refractivity contribution is 0.0384. The number of ketones is 1. The standard InChI is InChI=1S/C25H33N3O2/c1-2-25-26-18-23(27-25)24(29)17-21-9-8-19(10-11-28-12-14-30-15-13-28)16-22(21)20-6-4-3-5-7-20/h6,8-9,16,18H,2-5,7,10-15,17H2,1H3,(H,26,27). The van der Waals surface area contributed by atoms with E-state index >= 15 is 0 Å². The summed E-state index contributed by atoms with van der Waals surface area (Å²) < 4.78 is 5.46. The largest absolute Gasteiger partial charge is 0.379 e. The van der Waals surface area contributed by atoms with E-state index in [1.807, 2.05) is 6.92 Å². The van der Waals surface area contributed by atoms with Crippen LogP contribution in [0.2, 0.25) is 0 Å². The third kappa shape index (κ3) is 5.27. The Hall–Kier alpha value is -2.24. The van der Waals surface area contributed by atoms with Gasteiger partial charge >= 0.3 is 0 Å². The number of nitrogens with zero attached hydrogens (tertiary/aromatic N) is 2. The number of Topliss-reactive ketones (excluding diaryl/α,β-unsaturated/α-hetero) is 1. The van der Waals surface area contributed by atoms with Gasteiger partial charge in [0.1, 0.15) is 11.5 Å². The first-order valence-electron chi connectivity index (χ1n) is 11.4. The molecule has 1 N–H and O–H groups in total. The number of H-pyrrole nitrogens is 1. The van der Waals surface area contributed by atoms with Crippen molar-refractivity contribution in [2.24, 2.45) is 0 Å². The minimum absolute atomic E-state index is 0.112. The SMILES string of the molecule is CCc1ncc(C(=O)Cc2ccc(CCN3CCOCC3)cc2C2=CCCCC2)[nH]1. The first kappa shape index (κ1) is 21.0. The van der Waals surface area contributed by atoms with Gasteiger partial charge in [0.15, 0.2) is 5.78 Å². The smallest absolute Gasteiger partial charge is 0.185 e. The van der Waals surface area contributed by atoms with Crippen molar-refractivity contribution in [3.63, 3.8) is 0 Å². The van der Waals surface area contributed by atoms with E-state index in [0.717, 1.165) is 69.9 Å². The summed E-state index contributed by atoms with van der Waals surface area (Å²) in [7, 11) is 0. The molecule has 2 aliphatic rings. The van der Waals surface area contributed by atoms with Crippen LogP contribution >= 0.6 is 0 Å². The molecule has 0 unspecified atom stereocenters. The van der Waals surface area contributed by atoms with Crippen molar-refractivity contribution >= 4 is 11.4 Å². The molecule has 0 radical (unpaired) electrons. The van der Waals surface area contributed by atoms with Crippen LogP contribution < -0.4 is 0 Å². The second-order valence-corrected chi connectivity index (χ2v) is 8.37. The predicted molar refractivity (Wildman–Crippen MR) is 120 cm³/mol. The number of hydrogen-bond acceptors (Lipinski definition) is 4. The van der Waals surface area contributed by atoms with E-state index in [-0.39, 0.29) is 5.78 Å². The number of imidazole rings is 1. The fraction of sp³-hybridized carbons (Fsp3) is 0.520. The molecule has 5 heteroatoms. The zero-order chi connectivity index (χ0) is 20.8. The molecule has 0 spiro atoms. The summed E-state index contributed by atoms with van der Waals surface area (Å²) in [5, 5.41) is 0. The summed E-state index contributed by atoms with van der Waals surface area (Å²) in [5.41, 5.74) is 5.80. The number of aryl methyl sites for hydroxylation is 1. The van der Waals surface area contributed by atoms with Crippen LogP contribution in [0, 0.1) is 0 Å². The topological polar surface area (TPSA) is 58.2 Å². The van der Waals surface area contributed by atoms with Gasteiger partial charge in [-0.2, -0.15) is 0 Å². The van der Waals surface area contributed by atoms with Crippen LogP contribution in [0.1, 0.15) is 65.6 Å². The zero-order valence-corrected chi connectivity index (χ0v) is 18.1. The average molecular weight is 408 g/mol. The predicted octanol–water partition coefficient (Wildman–Crippen LogP) is 4.23. The van der Waals surface area contributed by atoms with Crippen LogP contribution in [0.5, 0.6) is 0 Å². The van der Waals surface area contributed by atoms with Gasteiger partial charge in [-0.3, -0.25) is 9.69 Å². The summed E-state index contributed by atoms with van der Waals surface area (Å²) >= 11 is 0. The number of aromatic amines is 1. The highest BCUT2D eigenvalue weighted by molar-refractivity contribution is 5.96. The van der Waals surface area contributed by atoms with Gasteiger partial charge in [0.25, 0.3) is 0 Å². The first-order valence-corrected chi connectivity index (χ1v) is 11.4. The second-order valence-electron chi connectivity index (χ2n) is 8.37. The molecule has 1 fully saturated rings. The van der Waals surface area contributed by atoms with Crippen molar-refractivity contribution in [2.75, 3.05) is 32.8 Å². The van der Waals surface area contributed by atoms with Crippen LogP contribution in [-0.2, 0) is 24.0 Å². The van der Waals surface area contributed by atoms with Gasteiger partial charge in [-0.15, -0.1) is 0 Å². The van der Waals surface area contributed by atoms with Gasteiger partial charge in [-0.05, 0) is 54.4 Å². The maximum absolute atomic E-state index is 12.9. The monoisotopic (exact) mass is 407 g/mol. The molecule has 0 bridgehead atoms. The van der Waals surface area contributed by atoms with E-state index in [9.17, 15) is 4.79 Å². The molecule has 1 aromatic heterocycles. The lowest BCUT2D eigenvalue weighted by Crippen LogP contribution is -2.37. The number of rotatable bonds is 8. The maximum atomic E-state index is 12.9. The molecule has 0 amide bonds. The van der Waals surface area contributed by atoms with Crippen molar-refractivity contribution in [1.29, 1.82) is 0 Å². The summed E-state index contributed by atoms with van der Waals surface area (Å²) in [5.74, 6) is 0.980. The van der Waals surface area contributed by atoms with Crippen molar-refractivity contribution in [2.45, 2.75) is 51.9 Å². The molecule has 1 saturated heterocycles. The average Bonchev–Trinajstić information content (AvgIpc) is 3.29. The highest BCUT2D eigenvalue weighted by Gasteiger charge is 2.17. The maximum Gasteiger partial charge on any atom is 0.185 e. The highest BCUT2D eigenvalue weighted by Crippen LogP contribution is 2.30. The Balaban J connectivity index is 1.52. The van der Waals surface area contributed by atoms with Crippen molar-refractivity contribution < 1.29 is 9.53 Å². The summed E-state index contributed by atoms with van der Waals surface area (Å²) in [6, 6.07) is 6.72. The van der Waals surface area contributed by atoms with Crippen LogP contribution in [0.3, 0.4) is 0 Å². The Morgan fingerprint density at radius 1 is 1.23 bits per heavy atom. The molecule has 0 atom stereocenters. The number of hydrogen-bond donors (Lipinski definition) is 1.